The van der Waals surface area contributed by atoms with Gasteiger partial charge in [0.1, 0.15) is 0 Å². The van der Waals surface area contributed by atoms with E-state index in [-0.39, 0.29) is 17.0 Å². The quantitative estimate of drug-likeness (QED) is 0.665. The van der Waals surface area contributed by atoms with Crippen LogP contribution in [0, 0.1) is 3.57 Å². The van der Waals surface area contributed by atoms with Crippen molar-refractivity contribution in [2.75, 3.05) is 0 Å². The van der Waals surface area contributed by atoms with Crippen molar-refractivity contribution in [3.8, 4) is 0 Å². The molecule has 0 bridgehead atoms. The summed E-state index contributed by atoms with van der Waals surface area (Å²) in [6.07, 6.45) is -4.60. The van der Waals surface area contributed by atoms with Gasteiger partial charge in [-0.05, 0) is 64.6 Å². The molecule has 2 aromatic rings. The molecule has 0 fully saturated rings. The summed E-state index contributed by atoms with van der Waals surface area (Å²) in [4.78, 5) is 0.0444. The molecule has 0 aliphatic carbocycles. The minimum Gasteiger partial charge on any atom is -0.207 e. The van der Waals surface area contributed by atoms with Gasteiger partial charge in [0.05, 0.1) is 15.5 Å². The molecule has 3 nitrogen and oxygen atoms in total. The van der Waals surface area contributed by atoms with Crippen molar-refractivity contribution in [1.29, 1.82) is 0 Å². The van der Waals surface area contributed by atoms with Crippen LogP contribution in [-0.2, 0) is 22.7 Å². The largest absolute Gasteiger partial charge is 0.417 e. The molecule has 0 spiro atoms. The molecule has 0 amide bonds. The lowest BCUT2D eigenvalue weighted by Gasteiger charge is -2.12. The molecular formula is C14H10ClF3INO2S. The van der Waals surface area contributed by atoms with E-state index in [1.165, 1.54) is 18.2 Å². The second-order valence-corrected chi connectivity index (χ2v) is 8.01. The molecule has 2 rings (SSSR count). The van der Waals surface area contributed by atoms with Gasteiger partial charge in [-0.2, -0.15) is 13.2 Å². The van der Waals surface area contributed by atoms with Gasteiger partial charge in [-0.25, -0.2) is 13.1 Å². The van der Waals surface area contributed by atoms with Gasteiger partial charge < -0.3 is 0 Å². The zero-order valence-corrected chi connectivity index (χ0v) is 15.1. The zero-order chi connectivity index (χ0) is 17.3. The van der Waals surface area contributed by atoms with E-state index in [1.54, 1.807) is 12.1 Å². The van der Waals surface area contributed by atoms with E-state index in [2.05, 4.69) is 4.72 Å². The first kappa shape index (κ1) is 18.5. The van der Waals surface area contributed by atoms with Crippen LogP contribution in [0.15, 0.2) is 47.4 Å². The Hall–Kier alpha value is -0.840. The maximum atomic E-state index is 12.8. The minimum atomic E-state index is -4.60. The van der Waals surface area contributed by atoms with Crippen molar-refractivity contribution in [3.05, 3.63) is 62.2 Å². The average molecular weight is 476 g/mol. The first-order valence-corrected chi connectivity index (χ1v) is 9.14. The normalized spacial score (nSPS) is 12.4. The lowest BCUT2D eigenvalue weighted by Crippen LogP contribution is -2.23. The third-order valence-corrected chi connectivity index (χ3v) is 5.39. The van der Waals surface area contributed by atoms with E-state index in [1.807, 2.05) is 22.6 Å². The van der Waals surface area contributed by atoms with Gasteiger partial charge in [-0.15, -0.1) is 0 Å². The summed E-state index contributed by atoms with van der Waals surface area (Å²) < 4.78 is 65.7. The number of hydrogen-bond acceptors (Lipinski definition) is 2. The maximum absolute atomic E-state index is 12.8. The van der Waals surface area contributed by atoms with Gasteiger partial charge in [0.2, 0.25) is 10.0 Å². The summed E-state index contributed by atoms with van der Waals surface area (Å²) in [7, 11) is -3.80. The Labute approximate surface area is 150 Å². The van der Waals surface area contributed by atoms with Crippen molar-refractivity contribution < 1.29 is 21.6 Å². The molecule has 0 unspecified atom stereocenters. The van der Waals surface area contributed by atoms with E-state index in [0.717, 1.165) is 15.7 Å². The molecule has 0 radical (unpaired) electrons. The Balaban J connectivity index is 2.19. The SMILES string of the molecule is O=S(=O)(NCc1ccc(Cl)c(C(F)(F)F)c1)c1ccc(I)cc1. The Kier molecular flexibility index (Phi) is 5.59. The number of nitrogens with one attached hydrogen (secondary N) is 1. The molecule has 2 aromatic carbocycles. The van der Waals surface area contributed by atoms with Crippen molar-refractivity contribution in [2.24, 2.45) is 0 Å². The number of halogens is 5. The van der Waals surface area contributed by atoms with Crippen LogP contribution in [0.2, 0.25) is 5.02 Å². The highest BCUT2D eigenvalue weighted by Gasteiger charge is 2.33. The highest BCUT2D eigenvalue weighted by molar-refractivity contribution is 14.1. The highest BCUT2D eigenvalue weighted by Crippen LogP contribution is 2.35. The van der Waals surface area contributed by atoms with E-state index in [4.69, 9.17) is 11.6 Å². The standard InChI is InChI=1S/C14H10ClF3INO2S/c15-13-6-1-9(7-12(13)14(16,17)18)8-20-23(21,22)11-4-2-10(19)3-5-11/h1-7,20H,8H2. The monoisotopic (exact) mass is 475 g/mol. The molecule has 0 aromatic heterocycles. The molecule has 1 N–H and O–H groups in total. The third-order valence-electron chi connectivity index (χ3n) is 2.93. The van der Waals surface area contributed by atoms with E-state index >= 15 is 0 Å². The summed E-state index contributed by atoms with van der Waals surface area (Å²) in [5.41, 5.74) is -0.832. The Morgan fingerprint density at radius 2 is 1.70 bits per heavy atom. The van der Waals surface area contributed by atoms with Crippen molar-refractivity contribution >= 4 is 44.2 Å². The minimum absolute atomic E-state index is 0.0444. The Morgan fingerprint density at radius 3 is 2.26 bits per heavy atom. The first-order chi connectivity index (χ1) is 10.6. The number of hydrogen-bond donors (Lipinski definition) is 1. The van der Waals surface area contributed by atoms with Gasteiger partial charge in [0.15, 0.2) is 0 Å². The van der Waals surface area contributed by atoms with Crippen LogP contribution in [-0.4, -0.2) is 8.42 Å². The predicted octanol–water partition coefficient (Wildman–Crippen LogP) is 4.44. The fourth-order valence-corrected chi connectivity index (χ4v) is 3.38. The average Bonchev–Trinajstić information content (AvgIpc) is 2.45. The van der Waals surface area contributed by atoms with Crippen molar-refractivity contribution in [3.63, 3.8) is 0 Å². The van der Waals surface area contributed by atoms with Crippen molar-refractivity contribution in [2.45, 2.75) is 17.6 Å². The van der Waals surface area contributed by atoms with Crippen LogP contribution in [0.25, 0.3) is 0 Å². The molecule has 23 heavy (non-hydrogen) atoms. The highest BCUT2D eigenvalue weighted by atomic mass is 127. The summed E-state index contributed by atoms with van der Waals surface area (Å²) >= 11 is 7.56. The summed E-state index contributed by atoms with van der Waals surface area (Å²) in [5.74, 6) is 0. The lowest BCUT2D eigenvalue weighted by molar-refractivity contribution is -0.137. The van der Waals surface area contributed by atoms with E-state index < -0.39 is 26.8 Å². The van der Waals surface area contributed by atoms with Crippen LogP contribution in [0.4, 0.5) is 13.2 Å². The lowest BCUT2D eigenvalue weighted by atomic mass is 10.1. The van der Waals surface area contributed by atoms with Crippen LogP contribution in [0.3, 0.4) is 0 Å². The molecule has 0 aliphatic heterocycles. The van der Waals surface area contributed by atoms with Gasteiger partial charge in [0.25, 0.3) is 0 Å². The van der Waals surface area contributed by atoms with E-state index in [9.17, 15) is 21.6 Å². The summed E-state index contributed by atoms with van der Waals surface area (Å²) in [5, 5.41) is -0.429. The Bertz CT molecular complexity index is 808. The first-order valence-electron chi connectivity index (χ1n) is 6.20. The number of sulfonamides is 1. The molecule has 0 atom stereocenters. The fraction of sp³-hybridized carbons (Fsp3) is 0.143. The van der Waals surface area contributed by atoms with Gasteiger partial charge in [0, 0.05) is 10.1 Å². The maximum Gasteiger partial charge on any atom is 0.417 e. The smallest absolute Gasteiger partial charge is 0.207 e. The Morgan fingerprint density at radius 1 is 1.09 bits per heavy atom. The van der Waals surface area contributed by atoms with Crippen LogP contribution in [0.1, 0.15) is 11.1 Å². The third kappa shape index (κ3) is 4.82. The fourth-order valence-electron chi connectivity index (χ4n) is 1.78. The molecule has 9 heteroatoms. The summed E-state index contributed by atoms with van der Waals surface area (Å²) in [6, 6.07) is 9.37. The van der Waals surface area contributed by atoms with Crippen LogP contribution >= 0.6 is 34.2 Å². The van der Waals surface area contributed by atoms with Gasteiger partial charge >= 0.3 is 6.18 Å². The molecular weight excluding hydrogens is 466 g/mol. The van der Waals surface area contributed by atoms with Crippen LogP contribution < -0.4 is 4.72 Å². The molecule has 0 aliphatic rings. The second kappa shape index (κ2) is 6.96. The molecule has 0 heterocycles. The zero-order valence-electron chi connectivity index (χ0n) is 11.4. The van der Waals surface area contributed by atoms with Gasteiger partial charge in [-0.3, -0.25) is 0 Å². The van der Waals surface area contributed by atoms with Gasteiger partial charge in [-0.1, -0.05) is 17.7 Å². The summed E-state index contributed by atoms with van der Waals surface area (Å²) in [6.45, 7) is -0.269. The predicted molar refractivity (Wildman–Crippen MR) is 89.6 cm³/mol. The van der Waals surface area contributed by atoms with Crippen molar-refractivity contribution in [1.82, 2.24) is 4.72 Å². The second-order valence-electron chi connectivity index (χ2n) is 4.59. The molecule has 0 saturated carbocycles. The topological polar surface area (TPSA) is 46.2 Å². The number of alkyl halides is 3. The van der Waals surface area contributed by atoms with E-state index in [0.29, 0.717) is 0 Å². The molecule has 0 saturated heterocycles. The molecule has 124 valence electrons. The van der Waals surface area contributed by atoms with Crippen LogP contribution in [0.5, 0.6) is 0 Å². The number of rotatable bonds is 4. The number of benzene rings is 2.